The van der Waals surface area contributed by atoms with E-state index in [0.29, 0.717) is 44.1 Å². The van der Waals surface area contributed by atoms with Crippen LogP contribution in [0.1, 0.15) is 12.0 Å². The second-order valence-corrected chi connectivity index (χ2v) is 8.41. The van der Waals surface area contributed by atoms with E-state index in [4.69, 9.17) is 9.47 Å². The molecule has 2 amide bonds. The highest BCUT2D eigenvalue weighted by molar-refractivity contribution is 7.89. The number of H-pyrrole nitrogens is 1. The lowest BCUT2D eigenvalue weighted by Gasteiger charge is -2.22. The van der Waals surface area contributed by atoms with E-state index in [-0.39, 0.29) is 17.6 Å². The zero-order valence-electron chi connectivity index (χ0n) is 16.4. The van der Waals surface area contributed by atoms with E-state index in [1.807, 2.05) is 6.07 Å². The summed E-state index contributed by atoms with van der Waals surface area (Å²) in [6, 6.07) is 5.20. The summed E-state index contributed by atoms with van der Waals surface area (Å²) in [7, 11) is -0.510. The maximum absolute atomic E-state index is 12.6. The van der Waals surface area contributed by atoms with Crippen LogP contribution in [0.5, 0.6) is 11.5 Å². The number of ether oxygens (including phenoxy) is 2. The normalized spacial score (nSPS) is 15.6. The number of nitrogens with zero attached hydrogens (tertiary/aromatic N) is 3. The molecule has 158 valence electrons. The molecule has 1 fully saturated rings. The molecule has 0 atom stereocenters. The van der Waals surface area contributed by atoms with Gasteiger partial charge in [0.05, 0.1) is 26.7 Å². The fraction of sp³-hybridized carbons (Fsp3) is 0.444. The Morgan fingerprint density at radius 3 is 2.66 bits per heavy atom. The fourth-order valence-corrected chi connectivity index (χ4v) is 4.51. The van der Waals surface area contributed by atoms with Crippen LogP contribution in [-0.2, 0) is 16.6 Å². The molecular formula is C18H25N5O5S. The molecule has 3 rings (SSSR count). The fourth-order valence-electron chi connectivity index (χ4n) is 3.14. The van der Waals surface area contributed by atoms with Crippen LogP contribution < -0.4 is 14.8 Å². The molecule has 11 heteroatoms. The molecule has 1 aromatic heterocycles. The zero-order chi connectivity index (χ0) is 20.9. The predicted octanol–water partition coefficient (Wildman–Crippen LogP) is 1.03. The molecule has 0 aliphatic carbocycles. The van der Waals surface area contributed by atoms with Gasteiger partial charge in [0.2, 0.25) is 0 Å². The number of rotatable bonds is 6. The number of hydrogen-bond acceptors (Lipinski definition) is 6. The number of hydrogen-bond donors (Lipinski definition) is 2. The van der Waals surface area contributed by atoms with E-state index in [1.54, 1.807) is 31.3 Å². The quantitative estimate of drug-likeness (QED) is 0.717. The molecule has 2 N–H and O–H groups in total. The average molecular weight is 423 g/mol. The Morgan fingerprint density at radius 1 is 1.17 bits per heavy atom. The lowest BCUT2D eigenvalue weighted by atomic mass is 10.2. The third-order valence-electron chi connectivity index (χ3n) is 4.72. The van der Waals surface area contributed by atoms with Gasteiger partial charge in [0.1, 0.15) is 0 Å². The molecule has 1 aliphatic heterocycles. The summed E-state index contributed by atoms with van der Waals surface area (Å²) in [6.07, 6.45) is 3.17. The number of urea groups is 1. The van der Waals surface area contributed by atoms with Gasteiger partial charge in [-0.25, -0.2) is 18.2 Å². The molecule has 29 heavy (non-hydrogen) atoms. The van der Waals surface area contributed by atoms with Crippen molar-refractivity contribution in [1.29, 1.82) is 0 Å². The highest BCUT2D eigenvalue weighted by Gasteiger charge is 2.29. The second kappa shape index (κ2) is 9.14. The molecule has 0 radical (unpaired) electrons. The van der Waals surface area contributed by atoms with Crippen LogP contribution in [0.4, 0.5) is 4.79 Å². The van der Waals surface area contributed by atoms with Gasteiger partial charge in [0.25, 0.3) is 10.0 Å². The number of methoxy groups -OCH3 is 2. The van der Waals surface area contributed by atoms with E-state index in [9.17, 15) is 13.2 Å². The molecule has 0 spiro atoms. The number of aromatic nitrogens is 2. The number of carbonyl (C=O) groups excluding carboxylic acids is 1. The van der Waals surface area contributed by atoms with Crippen LogP contribution >= 0.6 is 0 Å². The van der Waals surface area contributed by atoms with Crippen LogP contribution in [-0.4, -0.2) is 74.0 Å². The first-order valence-electron chi connectivity index (χ1n) is 9.18. The molecule has 0 saturated carbocycles. The highest BCUT2D eigenvalue weighted by atomic mass is 32.2. The van der Waals surface area contributed by atoms with Crippen LogP contribution in [0.2, 0.25) is 0 Å². The number of sulfonamides is 1. The van der Waals surface area contributed by atoms with Crippen LogP contribution in [0.15, 0.2) is 35.7 Å². The topological polar surface area (TPSA) is 117 Å². The van der Waals surface area contributed by atoms with Crippen molar-refractivity contribution in [3.63, 3.8) is 0 Å². The molecule has 2 aromatic rings. The minimum Gasteiger partial charge on any atom is -0.493 e. The molecule has 0 unspecified atom stereocenters. The second-order valence-electron chi connectivity index (χ2n) is 6.51. The number of imidazole rings is 1. The third-order valence-corrected chi connectivity index (χ3v) is 6.55. The Balaban J connectivity index is 1.57. The summed E-state index contributed by atoms with van der Waals surface area (Å²) in [6.45, 7) is 1.69. The predicted molar refractivity (Wildman–Crippen MR) is 105 cm³/mol. The van der Waals surface area contributed by atoms with E-state index in [1.165, 1.54) is 16.8 Å². The van der Waals surface area contributed by atoms with Crippen LogP contribution in [0.3, 0.4) is 0 Å². The van der Waals surface area contributed by atoms with Crippen molar-refractivity contribution in [2.75, 3.05) is 40.4 Å². The highest BCUT2D eigenvalue weighted by Crippen LogP contribution is 2.27. The van der Waals surface area contributed by atoms with Gasteiger partial charge in [0, 0.05) is 32.7 Å². The van der Waals surface area contributed by atoms with Gasteiger partial charge >= 0.3 is 6.03 Å². The summed E-state index contributed by atoms with van der Waals surface area (Å²) in [5.74, 6) is 1.21. The number of carbonyl (C=O) groups is 1. The van der Waals surface area contributed by atoms with Crippen molar-refractivity contribution in [2.45, 2.75) is 18.0 Å². The van der Waals surface area contributed by atoms with Crippen LogP contribution in [0, 0.1) is 0 Å². The van der Waals surface area contributed by atoms with Crippen molar-refractivity contribution in [3.8, 4) is 11.5 Å². The Kier molecular flexibility index (Phi) is 6.60. The first-order valence-corrected chi connectivity index (χ1v) is 10.6. The Bertz CT molecular complexity index is 932. The Morgan fingerprint density at radius 2 is 1.97 bits per heavy atom. The van der Waals surface area contributed by atoms with Gasteiger partial charge in [0.15, 0.2) is 16.5 Å². The van der Waals surface area contributed by atoms with E-state index >= 15 is 0 Å². The summed E-state index contributed by atoms with van der Waals surface area (Å²) >= 11 is 0. The monoisotopic (exact) mass is 423 g/mol. The molecule has 0 bridgehead atoms. The van der Waals surface area contributed by atoms with Crippen molar-refractivity contribution in [1.82, 2.24) is 24.5 Å². The van der Waals surface area contributed by atoms with Gasteiger partial charge in [-0.3, -0.25) is 0 Å². The van der Waals surface area contributed by atoms with Crippen LogP contribution in [0.25, 0.3) is 0 Å². The first-order chi connectivity index (χ1) is 14.0. The zero-order valence-corrected chi connectivity index (χ0v) is 17.2. The Hall–Kier alpha value is -2.79. The smallest absolute Gasteiger partial charge is 0.317 e. The molecule has 1 aliphatic rings. The van der Waals surface area contributed by atoms with Crippen molar-refractivity contribution < 1.29 is 22.7 Å². The standard InChI is InChI=1S/C18H25N5O5S/c1-27-15-5-4-14(10-16(15)28-2)11-20-18(24)22-6-3-7-23(9-8-22)29(25,26)17-12-19-13-21-17/h4-5,10,12-13H,3,6-9,11H2,1-2H3,(H,19,21)(H,20,24). The maximum Gasteiger partial charge on any atom is 0.317 e. The van der Waals surface area contributed by atoms with Gasteiger partial charge in [-0.2, -0.15) is 4.31 Å². The van der Waals surface area contributed by atoms with E-state index < -0.39 is 10.0 Å². The number of aromatic amines is 1. The first kappa shape index (κ1) is 20.9. The van der Waals surface area contributed by atoms with Gasteiger partial charge in [-0.1, -0.05) is 6.07 Å². The number of benzene rings is 1. The Labute approximate surface area is 169 Å². The van der Waals surface area contributed by atoms with E-state index in [0.717, 1.165) is 5.56 Å². The minimum absolute atomic E-state index is 0.0591. The third kappa shape index (κ3) is 4.80. The lowest BCUT2D eigenvalue weighted by Crippen LogP contribution is -2.42. The maximum atomic E-state index is 12.6. The summed E-state index contributed by atoms with van der Waals surface area (Å²) in [5, 5.41) is 2.93. The van der Waals surface area contributed by atoms with Crippen molar-refractivity contribution in [2.24, 2.45) is 0 Å². The molecule has 1 aromatic carbocycles. The molecule has 1 saturated heterocycles. The SMILES string of the molecule is COc1ccc(CNC(=O)N2CCCN(S(=O)(=O)c3cnc[nH]3)CC2)cc1OC. The van der Waals surface area contributed by atoms with Gasteiger partial charge in [-0.15, -0.1) is 0 Å². The average Bonchev–Trinajstić information content (AvgIpc) is 3.17. The summed E-state index contributed by atoms with van der Waals surface area (Å²) in [5.41, 5.74) is 0.870. The van der Waals surface area contributed by atoms with Gasteiger partial charge < -0.3 is 24.7 Å². The number of nitrogens with one attached hydrogen (secondary N) is 2. The van der Waals surface area contributed by atoms with Gasteiger partial charge in [-0.05, 0) is 24.1 Å². The number of amides is 2. The summed E-state index contributed by atoms with van der Waals surface area (Å²) in [4.78, 5) is 20.6. The largest absolute Gasteiger partial charge is 0.493 e. The molecule has 10 nitrogen and oxygen atoms in total. The van der Waals surface area contributed by atoms with Crippen molar-refractivity contribution >= 4 is 16.1 Å². The van der Waals surface area contributed by atoms with Crippen molar-refractivity contribution in [3.05, 3.63) is 36.3 Å². The molecular weight excluding hydrogens is 398 g/mol. The minimum atomic E-state index is -3.63. The molecule has 2 heterocycles. The summed E-state index contributed by atoms with van der Waals surface area (Å²) < 4.78 is 37.1. The van der Waals surface area contributed by atoms with E-state index in [2.05, 4.69) is 15.3 Å². The lowest BCUT2D eigenvalue weighted by molar-refractivity contribution is 0.200.